The van der Waals surface area contributed by atoms with E-state index in [1.165, 1.54) is 0 Å². The largest absolute Gasteiger partial charge is 0.389 e. The second-order valence-corrected chi connectivity index (χ2v) is 2.31. The Bertz CT molecular complexity index is 106. The van der Waals surface area contributed by atoms with Gasteiger partial charge >= 0.3 is 0 Å². The van der Waals surface area contributed by atoms with Crippen molar-refractivity contribution in [3.05, 3.63) is 0 Å². The van der Waals surface area contributed by atoms with Crippen LogP contribution < -0.4 is 11.1 Å². The highest BCUT2D eigenvalue weighted by atomic mass is 35.5. The number of nitrogens with one attached hydrogen (secondary N) is 1. The Morgan fingerprint density at radius 1 is 1.36 bits per heavy atom. The van der Waals surface area contributed by atoms with Crippen LogP contribution in [0.15, 0.2) is 0 Å². The Kier molecular flexibility index (Phi) is 7.61. The van der Waals surface area contributed by atoms with Gasteiger partial charge in [-0.3, -0.25) is 0 Å². The average Bonchev–Trinajstić information content (AvgIpc) is 2.15. The predicted molar refractivity (Wildman–Crippen MR) is 47.4 cm³/mol. The van der Waals surface area contributed by atoms with E-state index >= 15 is 0 Å². The summed E-state index contributed by atoms with van der Waals surface area (Å²) in [6.07, 6.45) is -1.33. The standard InChI is InChI=1S/C5H12N2O2.2ClH/c6-1-3-5(9)4(8)2-7-3;;/h3-5,7-9H,1-2,6H2;2*1H/t3-,4+,5-;;/m0../s1. The van der Waals surface area contributed by atoms with Gasteiger partial charge in [0.05, 0.1) is 12.2 Å². The summed E-state index contributed by atoms with van der Waals surface area (Å²) in [6.45, 7) is 0.821. The number of rotatable bonds is 1. The topological polar surface area (TPSA) is 78.5 Å². The summed E-state index contributed by atoms with van der Waals surface area (Å²) in [7, 11) is 0. The SMILES string of the molecule is Cl.Cl.NC[C@@H]1NC[C@@H](O)[C@H]1O. The van der Waals surface area contributed by atoms with Gasteiger partial charge < -0.3 is 21.3 Å². The molecule has 0 spiro atoms. The molecule has 0 aromatic heterocycles. The van der Waals surface area contributed by atoms with Gasteiger partial charge in [-0.05, 0) is 0 Å². The van der Waals surface area contributed by atoms with Gasteiger partial charge in [-0.1, -0.05) is 0 Å². The Balaban J connectivity index is 0. The molecule has 1 fully saturated rings. The molecule has 0 bridgehead atoms. The first-order chi connectivity index (χ1) is 4.25. The van der Waals surface area contributed by atoms with Crippen LogP contribution in [-0.4, -0.2) is 41.6 Å². The number of hydrogen-bond donors (Lipinski definition) is 4. The maximum atomic E-state index is 9.06. The molecule has 4 nitrogen and oxygen atoms in total. The first kappa shape index (κ1) is 14.0. The second-order valence-electron chi connectivity index (χ2n) is 2.31. The number of aliphatic hydroxyl groups excluding tert-OH is 2. The summed E-state index contributed by atoms with van der Waals surface area (Å²) in [5, 5.41) is 20.9. The highest BCUT2D eigenvalue weighted by molar-refractivity contribution is 5.85. The van der Waals surface area contributed by atoms with E-state index in [2.05, 4.69) is 5.32 Å². The molecule has 6 heteroatoms. The van der Waals surface area contributed by atoms with Crippen LogP contribution in [-0.2, 0) is 0 Å². The molecule has 11 heavy (non-hydrogen) atoms. The number of hydrogen-bond acceptors (Lipinski definition) is 4. The van der Waals surface area contributed by atoms with Crippen LogP contribution in [0, 0.1) is 0 Å². The third-order valence-corrected chi connectivity index (χ3v) is 1.65. The minimum atomic E-state index is -0.685. The number of β-amino-alcohol motifs (C(OH)–C–C–N with tert-alkyl or cyclic N) is 1. The summed E-state index contributed by atoms with van der Waals surface area (Å²) in [5.41, 5.74) is 5.25. The molecule has 1 aliphatic heterocycles. The van der Waals surface area contributed by atoms with E-state index in [0.29, 0.717) is 13.1 Å². The van der Waals surface area contributed by atoms with Gasteiger partial charge in [-0.15, -0.1) is 24.8 Å². The van der Waals surface area contributed by atoms with Crippen molar-refractivity contribution < 1.29 is 10.2 Å². The van der Waals surface area contributed by atoms with E-state index < -0.39 is 12.2 Å². The highest BCUT2D eigenvalue weighted by Crippen LogP contribution is 2.05. The monoisotopic (exact) mass is 204 g/mol. The minimum absolute atomic E-state index is 0. The van der Waals surface area contributed by atoms with Gasteiger partial charge in [0.25, 0.3) is 0 Å². The normalized spacial score (nSPS) is 35.7. The molecule has 1 aliphatic rings. The average molecular weight is 205 g/mol. The van der Waals surface area contributed by atoms with Gasteiger partial charge in [-0.2, -0.15) is 0 Å². The fraction of sp³-hybridized carbons (Fsp3) is 1.00. The van der Waals surface area contributed by atoms with Gasteiger partial charge in [0.15, 0.2) is 0 Å². The van der Waals surface area contributed by atoms with E-state index in [4.69, 9.17) is 15.9 Å². The maximum absolute atomic E-state index is 9.06. The van der Waals surface area contributed by atoms with Crippen molar-refractivity contribution >= 4 is 24.8 Å². The van der Waals surface area contributed by atoms with Crippen LogP contribution in [0.5, 0.6) is 0 Å². The predicted octanol–water partition coefficient (Wildman–Crippen LogP) is -1.52. The molecule has 0 aliphatic carbocycles. The zero-order chi connectivity index (χ0) is 6.85. The number of nitrogens with two attached hydrogens (primary N) is 1. The summed E-state index contributed by atoms with van der Waals surface area (Å²) >= 11 is 0. The molecule has 0 saturated carbocycles. The molecule has 0 aromatic rings. The zero-order valence-electron chi connectivity index (χ0n) is 5.93. The Morgan fingerprint density at radius 3 is 2.09 bits per heavy atom. The van der Waals surface area contributed by atoms with Gasteiger partial charge in [0.1, 0.15) is 0 Å². The highest BCUT2D eigenvalue weighted by Gasteiger charge is 2.31. The van der Waals surface area contributed by atoms with Crippen molar-refractivity contribution in [3.63, 3.8) is 0 Å². The maximum Gasteiger partial charge on any atom is 0.0976 e. The van der Waals surface area contributed by atoms with Gasteiger partial charge in [0.2, 0.25) is 0 Å². The van der Waals surface area contributed by atoms with Crippen molar-refractivity contribution in [2.75, 3.05) is 13.1 Å². The van der Waals surface area contributed by atoms with E-state index in [-0.39, 0.29) is 30.9 Å². The molecule has 0 radical (unpaired) electrons. The lowest BCUT2D eigenvalue weighted by atomic mass is 10.1. The smallest absolute Gasteiger partial charge is 0.0976 e. The van der Waals surface area contributed by atoms with Crippen LogP contribution in [0.2, 0.25) is 0 Å². The van der Waals surface area contributed by atoms with Crippen molar-refractivity contribution in [3.8, 4) is 0 Å². The van der Waals surface area contributed by atoms with Crippen LogP contribution in [0.25, 0.3) is 0 Å². The van der Waals surface area contributed by atoms with Crippen LogP contribution in [0.4, 0.5) is 0 Å². The van der Waals surface area contributed by atoms with Crippen molar-refractivity contribution in [2.45, 2.75) is 18.2 Å². The zero-order valence-corrected chi connectivity index (χ0v) is 7.57. The molecule has 70 valence electrons. The van der Waals surface area contributed by atoms with Crippen LogP contribution in [0.1, 0.15) is 0 Å². The molecular formula is C5H14Cl2N2O2. The van der Waals surface area contributed by atoms with Crippen LogP contribution >= 0.6 is 24.8 Å². The minimum Gasteiger partial charge on any atom is -0.389 e. The lowest BCUT2D eigenvalue weighted by Gasteiger charge is -2.12. The first-order valence-electron chi connectivity index (χ1n) is 3.05. The fourth-order valence-electron chi connectivity index (χ4n) is 1.00. The lowest BCUT2D eigenvalue weighted by Crippen LogP contribution is -2.39. The summed E-state index contributed by atoms with van der Waals surface area (Å²) in [4.78, 5) is 0. The van der Waals surface area contributed by atoms with Crippen molar-refractivity contribution in [2.24, 2.45) is 5.73 Å². The van der Waals surface area contributed by atoms with Crippen molar-refractivity contribution in [1.29, 1.82) is 0 Å². The third-order valence-electron chi connectivity index (χ3n) is 1.65. The summed E-state index contributed by atoms with van der Waals surface area (Å²) in [6, 6.07) is -0.125. The number of halogens is 2. The van der Waals surface area contributed by atoms with E-state index in [9.17, 15) is 0 Å². The summed E-state index contributed by atoms with van der Waals surface area (Å²) in [5.74, 6) is 0. The van der Waals surface area contributed by atoms with Crippen LogP contribution in [0.3, 0.4) is 0 Å². The molecule has 1 heterocycles. The van der Waals surface area contributed by atoms with Crippen molar-refractivity contribution in [1.82, 2.24) is 5.32 Å². The first-order valence-corrected chi connectivity index (χ1v) is 3.05. The van der Waals surface area contributed by atoms with Gasteiger partial charge in [-0.25, -0.2) is 0 Å². The third kappa shape index (κ3) is 3.11. The molecule has 3 atom stereocenters. The molecule has 1 saturated heterocycles. The Morgan fingerprint density at radius 2 is 1.91 bits per heavy atom. The Labute approximate surface area is 78.0 Å². The number of aliphatic hydroxyl groups is 2. The van der Waals surface area contributed by atoms with E-state index in [1.54, 1.807) is 0 Å². The molecule has 5 N–H and O–H groups in total. The summed E-state index contributed by atoms with van der Waals surface area (Å²) < 4.78 is 0. The van der Waals surface area contributed by atoms with E-state index in [1.807, 2.05) is 0 Å². The molecule has 0 amide bonds. The molecule has 1 rings (SSSR count). The van der Waals surface area contributed by atoms with Gasteiger partial charge in [0, 0.05) is 19.1 Å². The molecule has 0 unspecified atom stereocenters. The molecule has 0 aromatic carbocycles. The quantitative estimate of drug-likeness (QED) is 0.419. The molecular weight excluding hydrogens is 191 g/mol. The van der Waals surface area contributed by atoms with E-state index in [0.717, 1.165) is 0 Å². The lowest BCUT2D eigenvalue weighted by molar-refractivity contribution is 0.0421. The second kappa shape index (κ2) is 5.99. The Hall–Kier alpha value is 0.420. The fourth-order valence-corrected chi connectivity index (χ4v) is 1.00.